The number of aromatic nitrogens is 1. The zero-order valence-corrected chi connectivity index (χ0v) is 17.9. The molecule has 2 unspecified atom stereocenters. The molecule has 0 bridgehead atoms. The number of benzene rings is 2. The Morgan fingerprint density at radius 1 is 1.06 bits per heavy atom. The summed E-state index contributed by atoms with van der Waals surface area (Å²) in [6, 6.07) is 18.2. The summed E-state index contributed by atoms with van der Waals surface area (Å²) in [5.74, 6) is 0.508. The van der Waals surface area contributed by atoms with Crippen molar-refractivity contribution in [1.82, 2.24) is 14.8 Å². The summed E-state index contributed by atoms with van der Waals surface area (Å²) in [5, 5.41) is 1.68. The van der Waals surface area contributed by atoms with Crippen LogP contribution in [0.4, 0.5) is 0 Å². The average molecular weight is 446 g/mol. The number of rotatable bonds is 3. The van der Waals surface area contributed by atoms with Gasteiger partial charge in [0.25, 0.3) is 0 Å². The number of halogens is 1. The van der Waals surface area contributed by atoms with Crippen molar-refractivity contribution >= 4 is 34.3 Å². The van der Waals surface area contributed by atoms with Gasteiger partial charge in [-0.3, -0.25) is 9.59 Å². The highest BCUT2D eigenvalue weighted by molar-refractivity contribution is 6.30. The van der Waals surface area contributed by atoms with Crippen molar-refractivity contribution in [1.29, 1.82) is 0 Å². The zero-order chi connectivity index (χ0) is 21.8. The molecule has 6 rings (SSSR count). The van der Waals surface area contributed by atoms with E-state index in [0.717, 1.165) is 27.7 Å². The van der Waals surface area contributed by atoms with Crippen LogP contribution in [0.5, 0.6) is 0 Å². The smallest absolute Gasteiger partial charge is 0.246 e. The lowest BCUT2D eigenvalue weighted by molar-refractivity contribution is -0.159. The molecule has 6 nitrogen and oxygen atoms in total. The van der Waals surface area contributed by atoms with E-state index in [4.69, 9.17) is 16.0 Å². The van der Waals surface area contributed by atoms with E-state index >= 15 is 0 Å². The molecule has 32 heavy (non-hydrogen) atoms. The van der Waals surface area contributed by atoms with E-state index in [2.05, 4.69) is 11.1 Å². The molecule has 0 spiro atoms. The second kappa shape index (κ2) is 7.28. The van der Waals surface area contributed by atoms with Gasteiger partial charge in [0.05, 0.1) is 18.8 Å². The molecule has 7 heteroatoms. The minimum atomic E-state index is -0.582. The highest BCUT2D eigenvalue weighted by Gasteiger charge is 2.48. The number of nitrogens with zero attached hydrogens (tertiary/aromatic N) is 2. The maximum atomic E-state index is 13.6. The molecule has 2 aromatic carbocycles. The first-order valence-corrected chi connectivity index (χ1v) is 11.0. The molecule has 2 atom stereocenters. The van der Waals surface area contributed by atoms with Gasteiger partial charge in [-0.15, -0.1) is 0 Å². The van der Waals surface area contributed by atoms with E-state index in [9.17, 15) is 9.59 Å². The van der Waals surface area contributed by atoms with Crippen LogP contribution in [0.25, 0.3) is 10.9 Å². The van der Waals surface area contributed by atoms with Crippen LogP contribution in [0.1, 0.15) is 28.6 Å². The van der Waals surface area contributed by atoms with Gasteiger partial charge in [-0.05, 0) is 41.5 Å². The third-order valence-corrected chi connectivity index (χ3v) is 6.67. The van der Waals surface area contributed by atoms with E-state index in [1.54, 1.807) is 22.1 Å². The number of piperazine rings is 1. The summed E-state index contributed by atoms with van der Waals surface area (Å²) < 4.78 is 5.42. The van der Waals surface area contributed by atoms with E-state index in [1.165, 1.54) is 0 Å². The van der Waals surface area contributed by atoms with Crippen molar-refractivity contribution < 1.29 is 14.0 Å². The summed E-state index contributed by atoms with van der Waals surface area (Å²) in [4.78, 5) is 33.9. The molecule has 160 valence electrons. The number of furan rings is 1. The standard InChI is InChI=1S/C25H20ClN3O3/c26-16-6-3-5-15(11-16)24-23-19(18-8-1-2-9-20(18)27-23)12-21-25(31)28(14-22(30)29(21)24)13-17-7-4-10-32-17/h1-11,21,24,27H,12-14H2. The van der Waals surface area contributed by atoms with Crippen molar-refractivity contribution in [2.75, 3.05) is 6.54 Å². The first kappa shape index (κ1) is 19.2. The van der Waals surface area contributed by atoms with Crippen LogP contribution in [0.15, 0.2) is 71.3 Å². The molecule has 2 aromatic heterocycles. The van der Waals surface area contributed by atoms with Crippen molar-refractivity contribution in [2.45, 2.75) is 25.0 Å². The normalized spacial score (nSPS) is 20.5. The average Bonchev–Trinajstić information content (AvgIpc) is 3.43. The van der Waals surface area contributed by atoms with Gasteiger partial charge in [0.15, 0.2) is 0 Å². The molecule has 0 saturated carbocycles. The minimum Gasteiger partial charge on any atom is -0.467 e. The van der Waals surface area contributed by atoms with Gasteiger partial charge in [0, 0.05) is 28.0 Å². The second-order valence-electron chi connectivity index (χ2n) is 8.31. The predicted octanol–water partition coefficient (Wildman–Crippen LogP) is 4.30. The van der Waals surface area contributed by atoms with Gasteiger partial charge in [0.1, 0.15) is 18.3 Å². The maximum Gasteiger partial charge on any atom is 0.246 e. The lowest BCUT2D eigenvalue weighted by Gasteiger charge is -2.47. The van der Waals surface area contributed by atoms with Crippen LogP contribution < -0.4 is 0 Å². The number of hydrogen-bond donors (Lipinski definition) is 1. The molecule has 2 aliphatic rings. The predicted molar refractivity (Wildman–Crippen MR) is 120 cm³/mol. The first-order chi connectivity index (χ1) is 15.6. The molecule has 2 amide bonds. The molecule has 0 radical (unpaired) electrons. The van der Waals surface area contributed by atoms with E-state index < -0.39 is 12.1 Å². The fourth-order valence-corrected chi connectivity index (χ4v) is 5.27. The van der Waals surface area contributed by atoms with Crippen LogP contribution in [0.3, 0.4) is 0 Å². The number of carbonyl (C=O) groups is 2. The van der Waals surface area contributed by atoms with E-state index in [0.29, 0.717) is 17.2 Å². The van der Waals surface area contributed by atoms with Crippen molar-refractivity contribution in [3.8, 4) is 0 Å². The number of fused-ring (bicyclic) bond motifs is 4. The van der Waals surface area contributed by atoms with E-state index in [-0.39, 0.29) is 24.9 Å². The van der Waals surface area contributed by atoms with Crippen LogP contribution in [0, 0.1) is 0 Å². The van der Waals surface area contributed by atoms with Crippen LogP contribution >= 0.6 is 11.6 Å². The fraction of sp³-hybridized carbons (Fsp3) is 0.200. The molecule has 2 aliphatic heterocycles. The van der Waals surface area contributed by atoms with Gasteiger partial charge in [-0.1, -0.05) is 41.9 Å². The third kappa shape index (κ3) is 2.94. The Bertz CT molecular complexity index is 1340. The number of carbonyl (C=O) groups excluding carboxylic acids is 2. The molecule has 4 heterocycles. The Kier molecular flexibility index (Phi) is 4.36. The topological polar surface area (TPSA) is 69.6 Å². The highest BCUT2D eigenvalue weighted by atomic mass is 35.5. The largest absolute Gasteiger partial charge is 0.467 e. The van der Waals surface area contributed by atoms with Gasteiger partial charge >= 0.3 is 0 Å². The number of H-pyrrole nitrogens is 1. The van der Waals surface area contributed by atoms with Crippen LogP contribution in [-0.4, -0.2) is 39.2 Å². The molecule has 1 N–H and O–H groups in total. The Balaban J connectivity index is 1.49. The summed E-state index contributed by atoms with van der Waals surface area (Å²) in [7, 11) is 0. The summed E-state index contributed by atoms with van der Waals surface area (Å²) >= 11 is 6.31. The van der Waals surface area contributed by atoms with Crippen LogP contribution in [-0.2, 0) is 22.6 Å². The maximum absolute atomic E-state index is 13.6. The quantitative estimate of drug-likeness (QED) is 0.511. The lowest BCUT2D eigenvalue weighted by Crippen LogP contribution is -2.62. The molecule has 0 aliphatic carbocycles. The highest BCUT2D eigenvalue weighted by Crippen LogP contribution is 2.43. The number of amides is 2. The zero-order valence-electron chi connectivity index (χ0n) is 17.1. The van der Waals surface area contributed by atoms with Gasteiger partial charge in [-0.25, -0.2) is 0 Å². The molecular formula is C25H20ClN3O3. The number of aromatic amines is 1. The van der Waals surface area contributed by atoms with E-state index in [1.807, 2.05) is 48.5 Å². The summed E-state index contributed by atoms with van der Waals surface area (Å²) in [6.07, 6.45) is 2.04. The van der Waals surface area contributed by atoms with Crippen molar-refractivity contribution in [3.63, 3.8) is 0 Å². The summed E-state index contributed by atoms with van der Waals surface area (Å²) in [5.41, 5.74) is 3.91. The monoisotopic (exact) mass is 445 g/mol. The number of nitrogens with one attached hydrogen (secondary N) is 1. The number of para-hydroxylation sites is 1. The van der Waals surface area contributed by atoms with Gasteiger partial charge < -0.3 is 19.2 Å². The van der Waals surface area contributed by atoms with Crippen molar-refractivity contribution in [3.05, 3.63) is 94.5 Å². The Hall–Kier alpha value is -3.51. The van der Waals surface area contributed by atoms with Crippen molar-refractivity contribution in [2.24, 2.45) is 0 Å². The summed E-state index contributed by atoms with van der Waals surface area (Å²) in [6.45, 7) is 0.299. The molecule has 1 saturated heterocycles. The Labute approximate surface area is 189 Å². The van der Waals surface area contributed by atoms with Gasteiger partial charge in [0.2, 0.25) is 11.8 Å². The molecule has 4 aromatic rings. The lowest BCUT2D eigenvalue weighted by atomic mass is 9.86. The molecule has 1 fully saturated rings. The first-order valence-electron chi connectivity index (χ1n) is 10.6. The minimum absolute atomic E-state index is 0.0165. The number of hydrogen-bond acceptors (Lipinski definition) is 3. The Morgan fingerprint density at radius 3 is 2.75 bits per heavy atom. The van der Waals surface area contributed by atoms with Crippen LogP contribution in [0.2, 0.25) is 5.02 Å². The second-order valence-corrected chi connectivity index (χ2v) is 8.75. The van der Waals surface area contributed by atoms with Gasteiger partial charge in [-0.2, -0.15) is 0 Å². The molecular weight excluding hydrogens is 426 g/mol. The Morgan fingerprint density at radius 2 is 1.94 bits per heavy atom. The third-order valence-electron chi connectivity index (χ3n) is 6.43. The SMILES string of the molecule is O=C1C2Cc3c([nH]c4ccccc34)C(c3cccc(Cl)c3)N2C(=O)CN1Cc1ccco1. The fourth-order valence-electron chi connectivity index (χ4n) is 5.07.